The lowest BCUT2D eigenvalue weighted by Crippen LogP contribution is -2.15. The zero-order valence-corrected chi connectivity index (χ0v) is 13.1. The lowest BCUT2D eigenvalue weighted by atomic mass is 10.2. The number of halogens is 1. The molecule has 1 aliphatic rings. The Morgan fingerprint density at radius 1 is 1.33 bits per heavy atom. The molecule has 1 fully saturated rings. The molecule has 2 aromatic rings. The van der Waals surface area contributed by atoms with Gasteiger partial charge in [0.15, 0.2) is 0 Å². The molecule has 0 saturated heterocycles. The minimum absolute atomic E-state index is 0.761. The Bertz CT molecular complexity index is 521. The molecule has 18 heavy (non-hydrogen) atoms. The first-order valence-corrected chi connectivity index (χ1v) is 8.53. The maximum absolute atomic E-state index is 3.67. The largest absolute Gasteiger partial charge is 0.310 e. The lowest BCUT2D eigenvalue weighted by Gasteiger charge is -2.07. The van der Waals surface area contributed by atoms with E-state index < -0.39 is 0 Å². The van der Waals surface area contributed by atoms with Crippen molar-refractivity contribution in [2.75, 3.05) is 0 Å². The average molecular weight is 340 g/mol. The van der Waals surface area contributed by atoms with Crippen LogP contribution in [0.3, 0.4) is 0 Å². The predicted molar refractivity (Wildman–Crippen MR) is 82.4 cm³/mol. The van der Waals surface area contributed by atoms with E-state index in [1.54, 1.807) is 11.3 Å². The van der Waals surface area contributed by atoms with Crippen molar-refractivity contribution in [2.24, 2.45) is 0 Å². The van der Waals surface area contributed by atoms with E-state index in [9.17, 15) is 0 Å². The third-order valence-electron chi connectivity index (χ3n) is 2.90. The molecule has 1 aliphatic carbocycles. The van der Waals surface area contributed by atoms with E-state index >= 15 is 0 Å². The predicted octanol–water partition coefficient (Wildman–Crippen LogP) is 4.91. The summed E-state index contributed by atoms with van der Waals surface area (Å²) in [6.07, 6.45) is 2.67. The van der Waals surface area contributed by atoms with Crippen LogP contribution < -0.4 is 5.32 Å². The summed E-state index contributed by atoms with van der Waals surface area (Å²) in [6.45, 7) is 0.967. The van der Waals surface area contributed by atoms with Gasteiger partial charge in [-0.25, -0.2) is 0 Å². The summed E-state index contributed by atoms with van der Waals surface area (Å²) >= 11 is 7.28. The van der Waals surface area contributed by atoms with Gasteiger partial charge in [-0.15, -0.1) is 11.3 Å². The van der Waals surface area contributed by atoms with Gasteiger partial charge in [-0.3, -0.25) is 0 Å². The molecule has 1 aromatic heterocycles. The molecule has 1 nitrogen and oxygen atoms in total. The van der Waals surface area contributed by atoms with Gasteiger partial charge in [0.2, 0.25) is 0 Å². The van der Waals surface area contributed by atoms with Gasteiger partial charge in [0, 0.05) is 22.0 Å². The van der Waals surface area contributed by atoms with Crippen LogP contribution in [0.15, 0.2) is 49.3 Å². The molecule has 94 valence electrons. The van der Waals surface area contributed by atoms with Gasteiger partial charge in [-0.05, 0) is 42.0 Å². The normalized spacial score (nSPS) is 14.9. The Kier molecular flexibility index (Phi) is 4.09. The smallest absolute Gasteiger partial charge is 0.0646 e. The van der Waals surface area contributed by atoms with Crippen LogP contribution in [0.1, 0.15) is 18.4 Å². The number of benzene rings is 1. The molecule has 1 aromatic carbocycles. The van der Waals surface area contributed by atoms with Crippen molar-refractivity contribution in [1.29, 1.82) is 0 Å². The van der Waals surface area contributed by atoms with Crippen LogP contribution in [0.5, 0.6) is 0 Å². The summed E-state index contributed by atoms with van der Waals surface area (Å²) in [5.74, 6) is 0. The molecule has 0 unspecified atom stereocenters. The molecule has 0 spiro atoms. The molecule has 3 rings (SSSR count). The SMILES string of the molecule is Brc1cc(Sc2cccs2)ccc1CNC1CC1. The third-order valence-corrected chi connectivity index (χ3v) is 5.66. The van der Waals surface area contributed by atoms with Crippen molar-refractivity contribution in [1.82, 2.24) is 5.32 Å². The maximum Gasteiger partial charge on any atom is 0.0646 e. The van der Waals surface area contributed by atoms with Gasteiger partial charge in [-0.2, -0.15) is 0 Å². The van der Waals surface area contributed by atoms with Crippen molar-refractivity contribution in [3.8, 4) is 0 Å². The molecule has 1 N–H and O–H groups in total. The molecule has 0 amide bonds. The molecule has 1 saturated carbocycles. The molecule has 0 bridgehead atoms. The van der Waals surface area contributed by atoms with E-state index in [2.05, 4.69) is 57.0 Å². The minimum atomic E-state index is 0.761. The second-order valence-corrected chi connectivity index (χ2v) is 7.62. The first-order chi connectivity index (χ1) is 8.81. The second-order valence-electron chi connectivity index (χ2n) is 4.44. The zero-order chi connectivity index (χ0) is 12.4. The topological polar surface area (TPSA) is 12.0 Å². The first kappa shape index (κ1) is 12.7. The van der Waals surface area contributed by atoms with Crippen molar-refractivity contribution in [2.45, 2.75) is 34.5 Å². The first-order valence-electron chi connectivity index (χ1n) is 6.04. The average Bonchev–Trinajstić information content (AvgIpc) is 3.05. The Morgan fingerprint density at radius 3 is 2.89 bits per heavy atom. The van der Waals surface area contributed by atoms with Crippen molar-refractivity contribution < 1.29 is 0 Å². The van der Waals surface area contributed by atoms with Crippen molar-refractivity contribution >= 4 is 39.0 Å². The monoisotopic (exact) mass is 339 g/mol. The summed E-state index contributed by atoms with van der Waals surface area (Å²) in [6, 6.07) is 11.7. The van der Waals surface area contributed by atoms with E-state index in [4.69, 9.17) is 0 Å². The highest BCUT2D eigenvalue weighted by Crippen LogP contribution is 2.33. The van der Waals surface area contributed by atoms with Gasteiger partial charge in [0.05, 0.1) is 4.21 Å². The number of nitrogens with one attached hydrogen (secondary N) is 1. The van der Waals surface area contributed by atoms with Gasteiger partial charge >= 0.3 is 0 Å². The van der Waals surface area contributed by atoms with Gasteiger partial charge in [0.25, 0.3) is 0 Å². The van der Waals surface area contributed by atoms with Crippen LogP contribution in [0, 0.1) is 0 Å². The van der Waals surface area contributed by atoms with Crippen LogP contribution in [-0.2, 0) is 6.54 Å². The standard InChI is InChI=1S/C14H14BrNS2/c15-13-8-12(18-14-2-1-7-17-14)6-3-10(13)9-16-11-4-5-11/h1-3,6-8,11,16H,4-5,9H2. The van der Waals surface area contributed by atoms with Crippen LogP contribution in [0.2, 0.25) is 0 Å². The summed E-state index contributed by atoms with van der Waals surface area (Å²) in [4.78, 5) is 1.29. The van der Waals surface area contributed by atoms with Gasteiger partial charge < -0.3 is 5.32 Å². The van der Waals surface area contributed by atoms with E-state index in [0.29, 0.717) is 0 Å². The van der Waals surface area contributed by atoms with Crippen molar-refractivity contribution in [3.63, 3.8) is 0 Å². The van der Waals surface area contributed by atoms with E-state index in [1.807, 2.05) is 11.8 Å². The molecular weight excluding hydrogens is 326 g/mol. The summed E-state index contributed by atoms with van der Waals surface area (Å²) in [5, 5.41) is 5.66. The van der Waals surface area contributed by atoms with Crippen LogP contribution >= 0.6 is 39.0 Å². The van der Waals surface area contributed by atoms with Gasteiger partial charge in [0.1, 0.15) is 0 Å². The fourth-order valence-electron chi connectivity index (χ4n) is 1.71. The highest BCUT2D eigenvalue weighted by Gasteiger charge is 2.20. The molecule has 0 aliphatic heterocycles. The van der Waals surface area contributed by atoms with Crippen LogP contribution in [0.4, 0.5) is 0 Å². The van der Waals surface area contributed by atoms with Gasteiger partial charge in [-0.1, -0.05) is 39.8 Å². The summed E-state index contributed by atoms with van der Waals surface area (Å²) in [5.41, 5.74) is 1.34. The zero-order valence-electron chi connectivity index (χ0n) is 9.86. The van der Waals surface area contributed by atoms with Crippen LogP contribution in [0.25, 0.3) is 0 Å². The fraction of sp³-hybridized carbons (Fsp3) is 0.286. The number of hydrogen-bond donors (Lipinski definition) is 1. The molecule has 0 atom stereocenters. The number of rotatable bonds is 5. The molecule has 4 heteroatoms. The fourth-order valence-corrected chi connectivity index (χ4v) is 4.17. The maximum atomic E-state index is 3.67. The number of hydrogen-bond acceptors (Lipinski definition) is 3. The Morgan fingerprint density at radius 2 is 2.22 bits per heavy atom. The second kappa shape index (κ2) is 5.78. The highest BCUT2D eigenvalue weighted by molar-refractivity contribution is 9.10. The molecular formula is C14H14BrNS2. The highest BCUT2D eigenvalue weighted by atomic mass is 79.9. The van der Waals surface area contributed by atoms with Crippen LogP contribution in [-0.4, -0.2) is 6.04 Å². The number of thiophene rings is 1. The molecule has 0 radical (unpaired) electrons. The minimum Gasteiger partial charge on any atom is -0.310 e. The Hall–Kier alpha value is -0.290. The summed E-state index contributed by atoms with van der Waals surface area (Å²) < 4.78 is 2.54. The Labute approximate surface area is 124 Å². The van der Waals surface area contributed by atoms with E-state index in [-0.39, 0.29) is 0 Å². The van der Waals surface area contributed by atoms with E-state index in [0.717, 1.165) is 12.6 Å². The quantitative estimate of drug-likeness (QED) is 0.830. The Balaban J connectivity index is 1.67. The van der Waals surface area contributed by atoms with Crippen molar-refractivity contribution in [3.05, 3.63) is 45.7 Å². The lowest BCUT2D eigenvalue weighted by molar-refractivity contribution is 0.685. The third kappa shape index (κ3) is 3.38. The summed E-state index contributed by atoms with van der Waals surface area (Å²) in [7, 11) is 0. The van der Waals surface area contributed by atoms with E-state index in [1.165, 1.54) is 32.0 Å². The molecule has 1 heterocycles.